The quantitative estimate of drug-likeness (QED) is 0.500. The summed E-state index contributed by atoms with van der Waals surface area (Å²) < 4.78 is 0. The molecule has 1 aromatic carbocycles. The summed E-state index contributed by atoms with van der Waals surface area (Å²) in [5, 5.41) is 0. The molecule has 0 fully saturated rings. The maximum atomic E-state index is 10.2. The van der Waals surface area contributed by atoms with E-state index in [0.29, 0.717) is 6.42 Å². The summed E-state index contributed by atoms with van der Waals surface area (Å²) in [4.78, 5) is 10.2. The minimum Gasteiger partial charge on any atom is -0.399 e. The maximum Gasteiger partial charge on any atom is 0.137 e. The number of nitrogen functional groups attached to an aromatic ring is 1. The van der Waals surface area contributed by atoms with Crippen molar-refractivity contribution in [1.82, 2.24) is 0 Å². The molecule has 1 rings (SSSR count). The second-order valence-corrected chi connectivity index (χ2v) is 2.75. The average molecular weight is 164 g/mol. The fourth-order valence-corrected chi connectivity index (χ4v) is 0.974. The van der Waals surface area contributed by atoms with E-state index in [2.05, 4.69) is 0 Å². The Morgan fingerprint density at radius 3 is 2.42 bits per heavy atom. The summed E-state index contributed by atoms with van der Waals surface area (Å²) in [6, 6.07) is 6.94. The van der Waals surface area contributed by atoms with Gasteiger partial charge in [0.25, 0.3) is 0 Å². The van der Waals surface area contributed by atoms with E-state index in [1.165, 1.54) is 0 Å². The molecule has 3 heteroatoms. The van der Waals surface area contributed by atoms with Gasteiger partial charge < -0.3 is 16.3 Å². The van der Waals surface area contributed by atoms with E-state index in [-0.39, 0.29) is 0 Å². The molecule has 12 heavy (non-hydrogen) atoms. The third-order valence-corrected chi connectivity index (χ3v) is 1.63. The number of benzene rings is 1. The number of aldehydes is 1. The van der Waals surface area contributed by atoms with Crippen LogP contribution in [0.4, 0.5) is 5.69 Å². The van der Waals surface area contributed by atoms with Gasteiger partial charge in [-0.1, -0.05) is 12.1 Å². The molecule has 0 aliphatic rings. The number of nitrogens with two attached hydrogens (primary N) is 2. The molecule has 1 atom stereocenters. The van der Waals surface area contributed by atoms with Crippen LogP contribution in [0.15, 0.2) is 24.3 Å². The molecule has 64 valence electrons. The van der Waals surface area contributed by atoms with E-state index in [4.69, 9.17) is 11.5 Å². The van der Waals surface area contributed by atoms with Gasteiger partial charge in [-0.2, -0.15) is 0 Å². The van der Waals surface area contributed by atoms with Crippen LogP contribution in [0.5, 0.6) is 0 Å². The van der Waals surface area contributed by atoms with Crippen LogP contribution >= 0.6 is 0 Å². The number of rotatable bonds is 3. The van der Waals surface area contributed by atoms with E-state index < -0.39 is 6.04 Å². The van der Waals surface area contributed by atoms with Crippen LogP contribution in [0.3, 0.4) is 0 Å². The molecular formula is C9H12N2O. The predicted molar refractivity (Wildman–Crippen MR) is 48.6 cm³/mol. The number of anilines is 1. The lowest BCUT2D eigenvalue weighted by atomic mass is 10.1. The molecule has 0 radical (unpaired) electrons. The number of hydrogen-bond donors (Lipinski definition) is 2. The second kappa shape index (κ2) is 3.88. The monoisotopic (exact) mass is 164 g/mol. The highest BCUT2D eigenvalue weighted by Crippen LogP contribution is 2.06. The topological polar surface area (TPSA) is 69.1 Å². The summed E-state index contributed by atoms with van der Waals surface area (Å²) in [5.41, 5.74) is 12.7. The number of carbonyl (C=O) groups is 1. The van der Waals surface area contributed by atoms with Gasteiger partial charge in [0.05, 0.1) is 6.04 Å². The Morgan fingerprint density at radius 2 is 1.92 bits per heavy atom. The normalized spacial score (nSPS) is 12.4. The molecule has 0 amide bonds. The van der Waals surface area contributed by atoms with Crippen molar-refractivity contribution in [2.24, 2.45) is 5.73 Å². The van der Waals surface area contributed by atoms with E-state index in [0.717, 1.165) is 17.5 Å². The van der Waals surface area contributed by atoms with Crippen LogP contribution < -0.4 is 11.5 Å². The SMILES string of the molecule is Nc1ccc(C[C@H](N)C=O)cc1. The van der Waals surface area contributed by atoms with Crippen LogP contribution in [0, 0.1) is 0 Å². The summed E-state index contributed by atoms with van der Waals surface area (Å²) in [6.45, 7) is 0. The van der Waals surface area contributed by atoms with Gasteiger partial charge in [0, 0.05) is 5.69 Å². The lowest BCUT2D eigenvalue weighted by molar-refractivity contribution is -0.108. The molecule has 0 saturated heterocycles. The Kier molecular flexibility index (Phi) is 2.82. The van der Waals surface area contributed by atoms with Crippen molar-refractivity contribution in [3.05, 3.63) is 29.8 Å². The molecule has 0 saturated carbocycles. The molecule has 0 aromatic heterocycles. The van der Waals surface area contributed by atoms with Gasteiger partial charge >= 0.3 is 0 Å². The predicted octanol–water partition coefficient (Wildman–Crippen LogP) is 0.337. The van der Waals surface area contributed by atoms with E-state index >= 15 is 0 Å². The molecule has 4 N–H and O–H groups in total. The lowest BCUT2D eigenvalue weighted by Crippen LogP contribution is -2.23. The fraction of sp³-hybridized carbons (Fsp3) is 0.222. The first-order valence-electron chi connectivity index (χ1n) is 3.77. The Labute approximate surface area is 71.4 Å². The van der Waals surface area contributed by atoms with Gasteiger partial charge in [0.15, 0.2) is 0 Å². The first-order valence-corrected chi connectivity index (χ1v) is 3.77. The molecule has 0 bridgehead atoms. The third kappa shape index (κ3) is 2.36. The highest BCUT2D eigenvalue weighted by molar-refractivity contribution is 5.58. The molecule has 0 unspecified atom stereocenters. The van der Waals surface area contributed by atoms with Crippen molar-refractivity contribution in [2.75, 3.05) is 5.73 Å². The first-order chi connectivity index (χ1) is 5.72. The molecule has 0 aliphatic carbocycles. The highest BCUT2D eigenvalue weighted by atomic mass is 16.1. The smallest absolute Gasteiger partial charge is 0.137 e. The Balaban J connectivity index is 2.64. The maximum absolute atomic E-state index is 10.2. The molecule has 1 aromatic rings. The van der Waals surface area contributed by atoms with E-state index in [9.17, 15) is 4.79 Å². The second-order valence-electron chi connectivity index (χ2n) is 2.75. The van der Waals surface area contributed by atoms with Crippen molar-refractivity contribution in [3.63, 3.8) is 0 Å². The van der Waals surface area contributed by atoms with Gasteiger partial charge in [-0.25, -0.2) is 0 Å². The van der Waals surface area contributed by atoms with Crippen LogP contribution in [-0.4, -0.2) is 12.3 Å². The summed E-state index contributed by atoms with van der Waals surface area (Å²) in [6.07, 6.45) is 1.32. The molecule has 3 nitrogen and oxygen atoms in total. The molecular weight excluding hydrogens is 152 g/mol. The van der Waals surface area contributed by atoms with Gasteiger partial charge in [0.1, 0.15) is 6.29 Å². The van der Waals surface area contributed by atoms with Gasteiger partial charge in [0.2, 0.25) is 0 Å². The minimum absolute atomic E-state index is 0.409. The standard InChI is InChI=1S/C9H12N2O/c10-8-3-1-7(2-4-8)5-9(11)6-12/h1-4,6,9H,5,10-11H2/t9-/m0/s1. The van der Waals surface area contributed by atoms with Crippen molar-refractivity contribution < 1.29 is 4.79 Å². The highest BCUT2D eigenvalue weighted by Gasteiger charge is 2.00. The Hall–Kier alpha value is -1.35. The molecule has 0 aliphatic heterocycles. The van der Waals surface area contributed by atoms with E-state index in [1.54, 1.807) is 12.1 Å². The van der Waals surface area contributed by atoms with Gasteiger partial charge in [-0.3, -0.25) is 0 Å². The van der Waals surface area contributed by atoms with Crippen LogP contribution in [0.1, 0.15) is 5.56 Å². The van der Waals surface area contributed by atoms with Crippen molar-refractivity contribution in [2.45, 2.75) is 12.5 Å². The average Bonchev–Trinajstić information content (AvgIpc) is 2.09. The van der Waals surface area contributed by atoms with Crippen molar-refractivity contribution in [1.29, 1.82) is 0 Å². The zero-order valence-corrected chi connectivity index (χ0v) is 6.73. The van der Waals surface area contributed by atoms with Crippen LogP contribution in [0.25, 0.3) is 0 Å². The van der Waals surface area contributed by atoms with E-state index in [1.807, 2.05) is 12.1 Å². The van der Waals surface area contributed by atoms with Crippen molar-refractivity contribution in [3.8, 4) is 0 Å². The minimum atomic E-state index is -0.409. The van der Waals surface area contributed by atoms with Crippen LogP contribution in [-0.2, 0) is 11.2 Å². The van der Waals surface area contributed by atoms with Crippen LogP contribution in [0.2, 0.25) is 0 Å². The summed E-state index contributed by atoms with van der Waals surface area (Å²) >= 11 is 0. The number of carbonyl (C=O) groups excluding carboxylic acids is 1. The zero-order valence-electron chi connectivity index (χ0n) is 6.73. The molecule has 0 heterocycles. The van der Waals surface area contributed by atoms with Gasteiger partial charge in [-0.15, -0.1) is 0 Å². The Morgan fingerprint density at radius 1 is 1.33 bits per heavy atom. The fourth-order valence-electron chi connectivity index (χ4n) is 0.974. The summed E-state index contributed by atoms with van der Waals surface area (Å²) in [5.74, 6) is 0. The largest absolute Gasteiger partial charge is 0.399 e. The third-order valence-electron chi connectivity index (χ3n) is 1.63. The lowest BCUT2D eigenvalue weighted by Gasteiger charge is -2.03. The Bertz CT molecular complexity index is 256. The zero-order chi connectivity index (χ0) is 8.97. The van der Waals surface area contributed by atoms with Gasteiger partial charge in [-0.05, 0) is 24.1 Å². The molecule has 0 spiro atoms. The summed E-state index contributed by atoms with van der Waals surface area (Å²) in [7, 11) is 0. The van der Waals surface area contributed by atoms with Crippen molar-refractivity contribution >= 4 is 12.0 Å². The number of hydrogen-bond acceptors (Lipinski definition) is 3. The first kappa shape index (κ1) is 8.74.